The predicted molar refractivity (Wildman–Crippen MR) is 50.4 cm³/mol. The SMILES string of the molecule is B[C@@H]1C[C@H](CO)[C@@H](C)C1(C)C. The Labute approximate surface area is 70.6 Å². The van der Waals surface area contributed by atoms with Crippen molar-refractivity contribution in [1.29, 1.82) is 0 Å². The van der Waals surface area contributed by atoms with E-state index in [0.717, 1.165) is 5.82 Å². The van der Waals surface area contributed by atoms with Crippen LogP contribution in [-0.2, 0) is 0 Å². The minimum Gasteiger partial charge on any atom is -0.396 e. The molecule has 64 valence electrons. The van der Waals surface area contributed by atoms with Crippen LogP contribution >= 0.6 is 0 Å². The van der Waals surface area contributed by atoms with Crippen LogP contribution in [0.15, 0.2) is 0 Å². The first-order chi connectivity index (χ1) is 5.00. The fourth-order valence-corrected chi connectivity index (χ4v) is 2.25. The van der Waals surface area contributed by atoms with Gasteiger partial charge >= 0.3 is 0 Å². The average Bonchev–Trinajstić information content (AvgIpc) is 2.14. The molecule has 0 amide bonds. The fourth-order valence-electron chi connectivity index (χ4n) is 2.25. The van der Waals surface area contributed by atoms with Crippen LogP contribution in [0.3, 0.4) is 0 Å². The van der Waals surface area contributed by atoms with Crippen LogP contribution < -0.4 is 0 Å². The van der Waals surface area contributed by atoms with Crippen molar-refractivity contribution in [3.8, 4) is 0 Å². The number of hydrogen-bond donors (Lipinski definition) is 1. The van der Waals surface area contributed by atoms with Gasteiger partial charge in [0.2, 0.25) is 0 Å². The maximum absolute atomic E-state index is 9.09. The Bertz CT molecular complexity index is 144. The van der Waals surface area contributed by atoms with Gasteiger partial charge in [0, 0.05) is 6.61 Å². The van der Waals surface area contributed by atoms with E-state index in [0.29, 0.717) is 23.9 Å². The van der Waals surface area contributed by atoms with E-state index in [9.17, 15) is 0 Å². The maximum atomic E-state index is 9.09. The van der Waals surface area contributed by atoms with Crippen molar-refractivity contribution in [3.63, 3.8) is 0 Å². The molecule has 0 saturated heterocycles. The van der Waals surface area contributed by atoms with Crippen LogP contribution in [0.5, 0.6) is 0 Å². The first-order valence-electron chi connectivity index (χ1n) is 4.61. The first-order valence-corrected chi connectivity index (χ1v) is 4.61. The lowest BCUT2D eigenvalue weighted by Crippen LogP contribution is -2.23. The van der Waals surface area contributed by atoms with Crippen molar-refractivity contribution in [2.75, 3.05) is 6.61 Å². The number of aliphatic hydroxyl groups excluding tert-OH is 1. The van der Waals surface area contributed by atoms with Crippen LogP contribution in [0.25, 0.3) is 0 Å². The van der Waals surface area contributed by atoms with Gasteiger partial charge in [0.25, 0.3) is 0 Å². The van der Waals surface area contributed by atoms with E-state index in [2.05, 4.69) is 28.6 Å². The fraction of sp³-hybridized carbons (Fsp3) is 1.00. The molecule has 1 aliphatic rings. The van der Waals surface area contributed by atoms with Crippen molar-refractivity contribution in [2.45, 2.75) is 33.0 Å². The Balaban J connectivity index is 2.71. The van der Waals surface area contributed by atoms with Crippen LogP contribution in [0.1, 0.15) is 27.2 Å². The summed E-state index contributed by atoms with van der Waals surface area (Å²) in [6, 6.07) is 0. The number of hydrogen-bond acceptors (Lipinski definition) is 1. The Hall–Kier alpha value is 0.0249. The second-order valence-electron chi connectivity index (χ2n) is 4.69. The molecule has 0 aliphatic heterocycles. The summed E-state index contributed by atoms with van der Waals surface area (Å²) in [4.78, 5) is 0. The lowest BCUT2D eigenvalue weighted by Gasteiger charge is -2.30. The molecule has 0 unspecified atom stereocenters. The van der Waals surface area contributed by atoms with E-state index in [4.69, 9.17) is 5.11 Å². The molecule has 1 rings (SSSR count). The molecule has 1 fully saturated rings. The molecule has 0 spiro atoms. The quantitative estimate of drug-likeness (QED) is 0.560. The van der Waals surface area contributed by atoms with Gasteiger partial charge in [0.05, 0.1) is 0 Å². The second kappa shape index (κ2) is 2.82. The largest absolute Gasteiger partial charge is 0.396 e. The minimum atomic E-state index is 0.370. The monoisotopic (exact) mass is 154 g/mol. The van der Waals surface area contributed by atoms with Gasteiger partial charge in [0.1, 0.15) is 7.85 Å². The summed E-state index contributed by atoms with van der Waals surface area (Å²) in [6.07, 6.45) is 1.20. The van der Waals surface area contributed by atoms with Gasteiger partial charge in [-0.15, -0.1) is 0 Å². The smallest absolute Gasteiger partial charge is 0.106 e. The van der Waals surface area contributed by atoms with Crippen molar-refractivity contribution >= 4 is 7.85 Å². The Kier molecular flexibility index (Phi) is 2.33. The molecule has 1 saturated carbocycles. The highest BCUT2D eigenvalue weighted by molar-refractivity contribution is 6.12. The zero-order valence-corrected chi connectivity index (χ0v) is 8.09. The lowest BCUT2D eigenvalue weighted by molar-refractivity contribution is 0.162. The Morgan fingerprint density at radius 2 is 2.09 bits per heavy atom. The normalized spacial score (nSPS) is 42.7. The van der Waals surface area contributed by atoms with Crippen molar-refractivity contribution in [1.82, 2.24) is 0 Å². The van der Waals surface area contributed by atoms with E-state index in [1.165, 1.54) is 6.42 Å². The third-order valence-electron chi connectivity index (χ3n) is 4.04. The standard InChI is InChI=1S/C9H19BO/c1-6-7(5-11)4-8(10)9(6,2)3/h6-8,11H,4-5,10H2,1-3H3/t6-,7-,8-/m1/s1. The van der Waals surface area contributed by atoms with Gasteiger partial charge in [0.15, 0.2) is 0 Å². The summed E-state index contributed by atoms with van der Waals surface area (Å²) in [5.41, 5.74) is 0.424. The van der Waals surface area contributed by atoms with E-state index in [1.807, 2.05) is 0 Å². The van der Waals surface area contributed by atoms with Gasteiger partial charge in [-0.3, -0.25) is 0 Å². The molecule has 2 heteroatoms. The molecular weight excluding hydrogens is 135 g/mol. The molecule has 1 aliphatic carbocycles. The van der Waals surface area contributed by atoms with Crippen LogP contribution in [-0.4, -0.2) is 19.6 Å². The van der Waals surface area contributed by atoms with E-state index in [1.54, 1.807) is 0 Å². The molecule has 1 nitrogen and oxygen atoms in total. The lowest BCUT2D eigenvalue weighted by atomic mass is 9.67. The molecule has 1 N–H and O–H groups in total. The zero-order valence-electron chi connectivity index (χ0n) is 8.09. The maximum Gasteiger partial charge on any atom is 0.106 e. The highest BCUT2D eigenvalue weighted by Crippen LogP contribution is 2.52. The van der Waals surface area contributed by atoms with Crippen molar-refractivity contribution < 1.29 is 5.11 Å². The summed E-state index contributed by atoms with van der Waals surface area (Å²) >= 11 is 0. The van der Waals surface area contributed by atoms with Crippen molar-refractivity contribution in [3.05, 3.63) is 0 Å². The Morgan fingerprint density at radius 3 is 2.27 bits per heavy atom. The summed E-state index contributed by atoms with van der Waals surface area (Å²) in [6.45, 7) is 7.27. The summed E-state index contributed by atoms with van der Waals surface area (Å²) in [5.74, 6) is 1.97. The molecule has 3 atom stereocenters. The molecule has 0 aromatic carbocycles. The summed E-state index contributed by atoms with van der Waals surface area (Å²) in [5, 5.41) is 9.09. The van der Waals surface area contributed by atoms with Gasteiger partial charge in [-0.05, 0) is 17.3 Å². The molecule has 11 heavy (non-hydrogen) atoms. The highest BCUT2D eigenvalue weighted by Gasteiger charge is 2.43. The number of rotatable bonds is 1. The second-order valence-corrected chi connectivity index (χ2v) is 4.69. The molecule has 0 bridgehead atoms. The van der Waals surface area contributed by atoms with E-state index in [-0.39, 0.29) is 0 Å². The minimum absolute atomic E-state index is 0.370. The Morgan fingerprint density at radius 1 is 1.55 bits per heavy atom. The van der Waals surface area contributed by atoms with Gasteiger partial charge in [-0.25, -0.2) is 0 Å². The predicted octanol–water partition coefficient (Wildman–Crippen LogP) is 1.08. The average molecular weight is 154 g/mol. The van der Waals surface area contributed by atoms with Gasteiger partial charge < -0.3 is 5.11 Å². The van der Waals surface area contributed by atoms with Gasteiger partial charge in [-0.1, -0.05) is 33.0 Å². The molecule has 0 aromatic rings. The molecular formula is C9H19BO. The number of aliphatic hydroxyl groups is 1. The van der Waals surface area contributed by atoms with Crippen LogP contribution in [0.2, 0.25) is 5.82 Å². The molecule has 0 heterocycles. The van der Waals surface area contributed by atoms with Crippen LogP contribution in [0, 0.1) is 17.3 Å². The summed E-state index contributed by atoms with van der Waals surface area (Å²) in [7, 11) is 2.30. The zero-order chi connectivity index (χ0) is 8.65. The molecule has 0 aromatic heterocycles. The van der Waals surface area contributed by atoms with Crippen molar-refractivity contribution in [2.24, 2.45) is 17.3 Å². The van der Waals surface area contributed by atoms with E-state index < -0.39 is 0 Å². The molecule has 0 radical (unpaired) electrons. The first kappa shape index (κ1) is 9.12. The summed E-state index contributed by atoms with van der Waals surface area (Å²) < 4.78 is 0. The third kappa shape index (κ3) is 1.33. The highest BCUT2D eigenvalue weighted by atomic mass is 16.3. The topological polar surface area (TPSA) is 20.2 Å². The van der Waals surface area contributed by atoms with E-state index >= 15 is 0 Å². The third-order valence-corrected chi connectivity index (χ3v) is 4.04. The van der Waals surface area contributed by atoms with Crippen LogP contribution in [0.4, 0.5) is 0 Å². The van der Waals surface area contributed by atoms with Gasteiger partial charge in [-0.2, -0.15) is 0 Å².